The molecule has 0 aliphatic rings. The van der Waals surface area contributed by atoms with Crippen LogP contribution in [0.1, 0.15) is 52.3 Å². The van der Waals surface area contributed by atoms with Crippen molar-refractivity contribution in [3.63, 3.8) is 0 Å². The van der Waals surface area contributed by atoms with Crippen molar-refractivity contribution < 1.29 is 0 Å². The average molecular weight is 270 g/mol. The largest absolute Gasteiger partial charge is 0.370 e. The highest BCUT2D eigenvalue weighted by Gasteiger charge is 2.07. The zero-order valence-electron chi connectivity index (χ0n) is 11.7. The number of anilines is 1. The van der Waals surface area contributed by atoms with Crippen LogP contribution >= 0.6 is 11.6 Å². The van der Waals surface area contributed by atoms with Crippen molar-refractivity contribution >= 4 is 17.4 Å². The van der Waals surface area contributed by atoms with Crippen LogP contribution in [-0.2, 0) is 6.42 Å². The Kier molecular flexibility index (Phi) is 7.02. The zero-order valence-corrected chi connectivity index (χ0v) is 12.4. The molecule has 0 saturated carbocycles. The first-order valence-electron chi connectivity index (χ1n) is 6.96. The second-order valence-corrected chi connectivity index (χ2v) is 5.03. The van der Waals surface area contributed by atoms with Crippen LogP contribution < -0.4 is 5.32 Å². The summed E-state index contributed by atoms with van der Waals surface area (Å²) < 4.78 is 0. The fraction of sp³-hybridized carbons (Fsp3) is 0.714. The van der Waals surface area contributed by atoms with E-state index in [1.165, 1.54) is 25.7 Å². The monoisotopic (exact) mass is 269 g/mol. The van der Waals surface area contributed by atoms with Crippen LogP contribution in [0.25, 0.3) is 0 Å². The van der Waals surface area contributed by atoms with E-state index in [2.05, 4.69) is 29.1 Å². The average Bonchev–Trinajstić information content (AvgIpc) is 2.38. The Morgan fingerprint density at radius 1 is 1.28 bits per heavy atom. The van der Waals surface area contributed by atoms with Gasteiger partial charge in [-0.25, -0.2) is 9.97 Å². The van der Waals surface area contributed by atoms with Crippen molar-refractivity contribution in [3.05, 3.63) is 17.0 Å². The van der Waals surface area contributed by atoms with Gasteiger partial charge >= 0.3 is 0 Å². The molecule has 102 valence electrons. The summed E-state index contributed by atoms with van der Waals surface area (Å²) in [5.41, 5.74) is 0. The van der Waals surface area contributed by atoms with Crippen LogP contribution in [-0.4, -0.2) is 16.5 Å². The summed E-state index contributed by atoms with van der Waals surface area (Å²) in [7, 11) is 0. The van der Waals surface area contributed by atoms with Crippen LogP contribution in [0.5, 0.6) is 0 Å². The molecule has 1 aromatic heterocycles. The van der Waals surface area contributed by atoms with Gasteiger partial charge in [0.25, 0.3) is 0 Å². The number of aryl methyl sites for hydroxylation is 1. The maximum atomic E-state index is 5.97. The molecule has 1 unspecified atom stereocenters. The van der Waals surface area contributed by atoms with Gasteiger partial charge in [0, 0.05) is 19.0 Å². The summed E-state index contributed by atoms with van der Waals surface area (Å²) in [6.07, 6.45) is 5.84. The Hall–Kier alpha value is -0.830. The van der Waals surface area contributed by atoms with Gasteiger partial charge in [-0.1, -0.05) is 51.6 Å². The minimum Gasteiger partial charge on any atom is -0.370 e. The molecule has 0 spiro atoms. The van der Waals surface area contributed by atoms with Crippen molar-refractivity contribution in [2.45, 2.75) is 52.9 Å². The molecule has 0 bridgehead atoms. The molecular weight excluding hydrogens is 246 g/mol. The van der Waals surface area contributed by atoms with Gasteiger partial charge in [-0.2, -0.15) is 0 Å². The molecule has 1 aromatic rings. The normalized spacial score (nSPS) is 12.4. The predicted molar refractivity (Wildman–Crippen MR) is 78.2 cm³/mol. The smallest absolute Gasteiger partial charge is 0.134 e. The van der Waals surface area contributed by atoms with E-state index in [-0.39, 0.29) is 0 Å². The number of halogens is 1. The molecule has 0 saturated heterocycles. The van der Waals surface area contributed by atoms with Crippen LogP contribution in [0.3, 0.4) is 0 Å². The van der Waals surface area contributed by atoms with Crippen LogP contribution in [0.15, 0.2) is 6.07 Å². The SMILES string of the molecule is CCCCC(CC)CNc1cc(Cl)nc(CC)n1. The van der Waals surface area contributed by atoms with Crippen LogP contribution in [0.2, 0.25) is 5.15 Å². The number of unbranched alkanes of at least 4 members (excludes halogenated alkanes) is 1. The molecule has 1 rings (SSSR count). The lowest BCUT2D eigenvalue weighted by Gasteiger charge is -2.16. The molecule has 18 heavy (non-hydrogen) atoms. The molecule has 0 aromatic carbocycles. The number of nitrogens with zero attached hydrogens (tertiary/aromatic N) is 2. The fourth-order valence-electron chi connectivity index (χ4n) is 1.91. The van der Waals surface area contributed by atoms with E-state index in [1.54, 1.807) is 6.07 Å². The van der Waals surface area contributed by atoms with Crippen LogP contribution in [0.4, 0.5) is 5.82 Å². The third kappa shape index (κ3) is 5.21. The lowest BCUT2D eigenvalue weighted by Crippen LogP contribution is -2.15. The second-order valence-electron chi connectivity index (χ2n) is 4.64. The quantitative estimate of drug-likeness (QED) is 0.714. The van der Waals surface area contributed by atoms with Gasteiger partial charge in [-0.3, -0.25) is 0 Å². The van der Waals surface area contributed by atoms with E-state index in [0.29, 0.717) is 11.1 Å². The highest BCUT2D eigenvalue weighted by Crippen LogP contribution is 2.16. The van der Waals surface area contributed by atoms with Gasteiger partial charge in [0.1, 0.15) is 16.8 Å². The third-order valence-electron chi connectivity index (χ3n) is 3.17. The Bertz CT molecular complexity index is 355. The topological polar surface area (TPSA) is 37.8 Å². The molecule has 0 fully saturated rings. The van der Waals surface area contributed by atoms with E-state index in [4.69, 9.17) is 11.6 Å². The summed E-state index contributed by atoms with van der Waals surface area (Å²) in [5.74, 6) is 2.36. The van der Waals surface area contributed by atoms with Gasteiger partial charge in [-0.05, 0) is 12.3 Å². The number of nitrogens with one attached hydrogen (secondary N) is 1. The zero-order chi connectivity index (χ0) is 13.4. The molecule has 3 nitrogen and oxygen atoms in total. The van der Waals surface area contributed by atoms with Gasteiger partial charge < -0.3 is 5.32 Å². The third-order valence-corrected chi connectivity index (χ3v) is 3.37. The maximum Gasteiger partial charge on any atom is 0.134 e. The molecule has 0 aliphatic carbocycles. The summed E-state index contributed by atoms with van der Waals surface area (Å²) in [4.78, 5) is 8.60. The minimum atomic E-state index is 0.519. The number of hydrogen-bond acceptors (Lipinski definition) is 3. The van der Waals surface area contributed by atoms with Crippen molar-refractivity contribution in [1.29, 1.82) is 0 Å². The molecule has 0 radical (unpaired) electrons. The Morgan fingerprint density at radius 3 is 2.67 bits per heavy atom. The van der Waals surface area contributed by atoms with E-state index in [1.807, 2.05) is 6.92 Å². The van der Waals surface area contributed by atoms with Crippen molar-refractivity contribution in [2.75, 3.05) is 11.9 Å². The molecule has 1 N–H and O–H groups in total. The first-order chi connectivity index (χ1) is 8.69. The molecular formula is C14H24ClN3. The Balaban J connectivity index is 2.53. The fourth-order valence-corrected chi connectivity index (χ4v) is 2.11. The lowest BCUT2D eigenvalue weighted by molar-refractivity contribution is 0.472. The summed E-state index contributed by atoms with van der Waals surface area (Å²) in [6, 6.07) is 1.80. The Morgan fingerprint density at radius 2 is 2.06 bits per heavy atom. The molecule has 0 amide bonds. The summed E-state index contributed by atoms with van der Waals surface area (Å²) in [5, 5.41) is 3.90. The number of aromatic nitrogens is 2. The first-order valence-corrected chi connectivity index (χ1v) is 7.34. The summed E-state index contributed by atoms with van der Waals surface area (Å²) in [6.45, 7) is 7.48. The molecule has 1 heterocycles. The van der Waals surface area contributed by atoms with Crippen molar-refractivity contribution in [3.8, 4) is 0 Å². The highest BCUT2D eigenvalue weighted by atomic mass is 35.5. The Labute approximate surface area is 115 Å². The van der Waals surface area contributed by atoms with Gasteiger partial charge in [0.2, 0.25) is 0 Å². The number of rotatable bonds is 8. The highest BCUT2D eigenvalue weighted by molar-refractivity contribution is 6.29. The summed E-state index contributed by atoms with van der Waals surface area (Å²) >= 11 is 5.97. The van der Waals surface area contributed by atoms with E-state index >= 15 is 0 Å². The van der Waals surface area contributed by atoms with E-state index in [0.717, 1.165) is 24.6 Å². The van der Waals surface area contributed by atoms with Crippen molar-refractivity contribution in [1.82, 2.24) is 9.97 Å². The van der Waals surface area contributed by atoms with Gasteiger partial charge in [0.05, 0.1) is 0 Å². The van der Waals surface area contributed by atoms with Crippen LogP contribution in [0, 0.1) is 5.92 Å². The van der Waals surface area contributed by atoms with E-state index in [9.17, 15) is 0 Å². The van der Waals surface area contributed by atoms with Crippen molar-refractivity contribution in [2.24, 2.45) is 5.92 Å². The molecule has 1 atom stereocenters. The predicted octanol–water partition coefficient (Wildman–Crippen LogP) is 4.32. The first kappa shape index (κ1) is 15.2. The maximum absolute atomic E-state index is 5.97. The standard InChI is InChI=1S/C14H24ClN3/c1-4-7-8-11(5-2)10-16-14-9-12(15)17-13(6-3)18-14/h9,11H,4-8,10H2,1-3H3,(H,16,17,18). The lowest BCUT2D eigenvalue weighted by atomic mass is 9.99. The second kappa shape index (κ2) is 8.30. The molecule has 0 aliphatic heterocycles. The number of hydrogen-bond donors (Lipinski definition) is 1. The molecule has 4 heteroatoms. The minimum absolute atomic E-state index is 0.519. The van der Waals surface area contributed by atoms with Gasteiger partial charge in [0.15, 0.2) is 0 Å². The van der Waals surface area contributed by atoms with E-state index < -0.39 is 0 Å². The van der Waals surface area contributed by atoms with Gasteiger partial charge in [-0.15, -0.1) is 0 Å².